The minimum Gasteiger partial charge on any atom is -0.264 e. The predicted molar refractivity (Wildman–Crippen MR) is 116 cm³/mol. The fraction of sp³-hybridized carbons (Fsp3) is 0. The molecule has 0 bridgehead atoms. The van der Waals surface area contributed by atoms with Crippen LogP contribution in [0.4, 0.5) is 5.82 Å². The third-order valence-corrected chi connectivity index (χ3v) is 4.50. The maximum absolute atomic E-state index is 4.74. The van der Waals surface area contributed by atoms with Gasteiger partial charge in [0, 0.05) is 39.6 Å². The summed E-state index contributed by atoms with van der Waals surface area (Å²) in [6.07, 6.45) is 5.18. The number of hydrogen-bond donors (Lipinski definition) is 1. The van der Waals surface area contributed by atoms with Crippen LogP contribution in [0.25, 0.3) is 22.6 Å². The lowest BCUT2D eigenvalue weighted by Crippen LogP contribution is -1.99. The highest BCUT2D eigenvalue weighted by molar-refractivity contribution is 9.10. The third kappa shape index (κ3) is 4.47. The van der Waals surface area contributed by atoms with Gasteiger partial charge in [0.05, 0.1) is 11.9 Å². The van der Waals surface area contributed by atoms with Crippen LogP contribution in [0.1, 0.15) is 5.56 Å². The van der Waals surface area contributed by atoms with E-state index in [0.29, 0.717) is 11.6 Å². The minimum absolute atomic E-state index is 0.618. The molecule has 6 heteroatoms. The topological polar surface area (TPSA) is 63.1 Å². The van der Waals surface area contributed by atoms with E-state index in [9.17, 15) is 0 Å². The molecule has 2 heterocycles. The van der Waals surface area contributed by atoms with E-state index in [-0.39, 0.29) is 0 Å². The van der Waals surface area contributed by atoms with Crippen molar-refractivity contribution in [2.45, 2.75) is 0 Å². The maximum atomic E-state index is 4.74. The van der Waals surface area contributed by atoms with Crippen LogP contribution in [-0.2, 0) is 0 Å². The number of rotatable bonds is 5. The van der Waals surface area contributed by atoms with Gasteiger partial charge in [-0.15, -0.1) is 0 Å². The Morgan fingerprint density at radius 2 is 1.68 bits per heavy atom. The number of halogens is 1. The number of hydrazone groups is 1. The van der Waals surface area contributed by atoms with E-state index in [0.717, 1.165) is 26.9 Å². The molecule has 4 aromatic rings. The monoisotopic (exact) mass is 429 g/mol. The van der Waals surface area contributed by atoms with Gasteiger partial charge in [0.2, 0.25) is 0 Å². The summed E-state index contributed by atoms with van der Waals surface area (Å²) in [5.41, 5.74) is 6.68. The summed E-state index contributed by atoms with van der Waals surface area (Å²) in [6, 6.07) is 23.6. The standard InChI is InChI=1S/C22H16BrN5/c23-19-10-8-18(9-11-19)22-26-20(17-6-2-1-3-7-17)13-21(27-22)28-25-15-16-5-4-12-24-14-16/h1-15H,(H,26,27,28). The third-order valence-electron chi connectivity index (χ3n) is 3.98. The Morgan fingerprint density at radius 1 is 0.857 bits per heavy atom. The second kappa shape index (κ2) is 8.54. The zero-order valence-electron chi connectivity index (χ0n) is 14.8. The lowest BCUT2D eigenvalue weighted by molar-refractivity contribution is 1.15. The highest BCUT2D eigenvalue weighted by Gasteiger charge is 2.08. The van der Waals surface area contributed by atoms with E-state index in [1.807, 2.05) is 72.8 Å². The molecule has 0 aliphatic rings. The molecule has 2 aromatic carbocycles. The van der Waals surface area contributed by atoms with Crippen LogP contribution in [0.15, 0.2) is 94.8 Å². The largest absolute Gasteiger partial charge is 0.264 e. The number of nitrogens with zero attached hydrogens (tertiary/aromatic N) is 4. The first kappa shape index (κ1) is 18.0. The first-order valence-electron chi connectivity index (χ1n) is 8.67. The van der Waals surface area contributed by atoms with Gasteiger partial charge in [0.1, 0.15) is 0 Å². The molecule has 0 saturated carbocycles. The Balaban J connectivity index is 1.69. The summed E-state index contributed by atoms with van der Waals surface area (Å²) in [7, 11) is 0. The van der Waals surface area contributed by atoms with Crippen LogP contribution >= 0.6 is 15.9 Å². The fourth-order valence-electron chi connectivity index (χ4n) is 2.61. The van der Waals surface area contributed by atoms with Gasteiger partial charge in [-0.3, -0.25) is 10.4 Å². The van der Waals surface area contributed by atoms with Crippen molar-refractivity contribution >= 4 is 28.0 Å². The predicted octanol–water partition coefficient (Wildman–Crippen LogP) is 5.41. The van der Waals surface area contributed by atoms with Crippen molar-refractivity contribution in [1.29, 1.82) is 0 Å². The van der Waals surface area contributed by atoms with Crippen LogP contribution < -0.4 is 5.43 Å². The SMILES string of the molecule is Brc1ccc(-c2nc(NN=Cc3cccnc3)cc(-c3ccccc3)n2)cc1. The average molecular weight is 430 g/mol. The van der Waals surface area contributed by atoms with Crippen molar-refractivity contribution in [3.63, 3.8) is 0 Å². The van der Waals surface area contributed by atoms with Crippen molar-refractivity contribution in [3.8, 4) is 22.6 Å². The van der Waals surface area contributed by atoms with Crippen molar-refractivity contribution in [2.24, 2.45) is 5.10 Å². The second-order valence-corrected chi connectivity index (χ2v) is 6.91. The Bertz CT molecular complexity index is 1080. The average Bonchev–Trinajstić information content (AvgIpc) is 2.75. The van der Waals surface area contributed by atoms with Crippen molar-refractivity contribution < 1.29 is 0 Å². The molecule has 0 aliphatic carbocycles. The Kier molecular flexibility index (Phi) is 5.49. The van der Waals surface area contributed by atoms with Crippen LogP contribution in [0, 0.1) is 0 Å². The molecule has 0 saturated heterocycles. The van der Waals surface area contributed by atoms with Gasteiger partial charge in [-0.1, -0.05) is 64.5 Å². The molecule has 0 atom stereocenters. The van der Waals surface area contributed by atoms with E-state index in [4.69, 9.17) is 4.98 Å². The summed E-state index contributed by atoms with van der Waals surface area (Å²) in [5, 5.41) is 4.28. The van der Waals surface area contributed by atoms with E-state index in [1.165, 1.54) is 0 Å². The molecule has 136 valence electrons. The Hall–Kier alpha value is -3.38. The van der Waals surface area contributed by atoms with E-state index >= 15 is 0 Å². The molecule has 0 spiro atoms. The van der Waals surface area contributed by atoms with Crippen LogP contribution in [0.2, 0.25) is 0 Å². The molecule has 4 rings (SSSR count). The van der Waals surface area contributed by atoms with Gasteiger partial charge < -0.3 is 0 Å². The summed E-state index contributed by atoms with van der Waals surface area (Å²) >= 11 is 3.46. The smallest absolute Gasteiger partial charge is 0.162 e. The number of benzene rings is 2. The van der Waals surface area contributed by atoms with Crippen molar-refractivity contribution in [1.82, 2.24) is 15.0 Å². The molecule has 5 nitrogen and oxygen atoms in total. The first-order chi connectivity index (χ1) is 13.8. The summed E-state index contributed by atoms with van der Waals surface area (Å²) < 4.78 is 1.01. The van der Waals surface area contributed by atoms with Crippen LogP contribution in [-0.4, -0.2) is 21.2 Å². The van der Waals surface area contributed by atoms with Crippen molar-refractivity contribution in [2.75, 3.05) is 5.43 Å². The lowest BCUT2D eigenvalue weighted by atomic mass is 10.1. The Labute approximate surface area is 171 Å². The molecule has 1 N–H and O–H groups in total. The second-order valence-electron chi connectivity index (χ2n) is 5.99. The summed E-state index contributed by atoms with van der Waals surface area (Å²) in [6.45, 7) is 0. The summed E-state index contributed by atoms with van der Waals surface area (Å²) in [4.78, 5) is 13.4. The van der Waals surface area contributed by atoms with Crippen LogP contribution in [0.5, 0.6) is 0 Å². The maximum Gasteiger partial charge on any atom is 0.162 e. The summed E-state index contributed by atoms with van der Waals surface area (Å²) in [5.74, 6) is 1.25. The van der Waals surface area contributed by atoms with Crippen molar-refractivity contribution in [3.05, 3.63) is 95.2 Å². The molecule has 0 aliphatic heterocycles. The molecule has 0 unspecified atom stereocenters. The van der Waals surface area contributed by atoms with Gasteiger partial charge in [0.25, 0.3) is 0 Å². The quantitative estimate of drug-likeness (QED) is 0.340. The first-order valence-corrected chi connectivity index (χ1v) is 9.47. The van der Waals surface area contributed by atoms with Gasteiger partial charge in [0.15, 0.2) is 11.6 Å². The molecular formula is C22H16BrN5. The van der Waals surface area contributed by atoms with Crippen LogP contribution in [0.3, 0.4) is 0 Å². The lowest BCUT2D eigenvalue weighted by Gasteiger charge is -2.08. The zero-order chi connectivity index (χ0) is 19.2. The van der Waals surface area contributed by atoms with Gasteiger partial charge in [-0.05, 0) is 18.2 Å². The number of hydrogen-bond acceptors (Lipinski definition) is 5. The van der Waals surface area contributed by atoms with Gasteiger partial charge in [-0.25, -0.2) is 9.97 Å². The molecule has 2 aromatic heterocycles. The zero-order valence-corrected chi connectivity index (χ0v) is 16.4. The molecular weight excluding hydrogens is 414 g/mol. The molecule has 28 heavy (non-hydrogen) atoms. The molecule has 0 radical (unpaired) electrons. The number of aromatic nitrogens is 3. The van der Waals surface area contributed by atoms with E-state index in [1.54, 1.807) is 18.6 Å². The fourth-order valence-corrected chi connectivity index (χ4v) is 2.88. The molecule has 0 fully saturated rings. The number of pyridine rings is 1. The normalized spacial score (nSPS) is 10.9. The highest BCUT2D eigenvalue weighted by Crippen LogP contribution is 2.25. The minimum atomic E-state index is 0.618. The Morgan fingerprint density at radius 3 is 2.43 bits per heavy atom. The van der Waals surface area contributed by atoms with E-state index in [2.05, 4.69) is 36.4 Å². The van der Waals surface area contributed by atoms with Gasteiger partial charge in [-0.2, -0.15) is 5.10 Å². The highest BCUT2D eigenvalue weighted by atomic mass is 79.9. The van der Waals surface area contributed by atoms with Gasteiger partial charge >= 0.3 is 0 Å². The molecule has 0 amide bonds. The number of anilines is 1. The number of nitrogens with one attached hydrogen (secondary N) is 1. The van der Waals surface area contributed by atoms with E-state index < -0.39 is 0 Å².